The number of nitrogens with zero attached hydrogens (tertiary/aromatic N) is 1. The average molecular weight is 493 g/mol. The van der Waals surface area contributed by atoms with Gasteiger partial charge in [-0.05, 0) is 35.7 Å². The predicted octanol–water partition coefficient (Wildman–Crippen LogP) is 3.99. The van der Waals surface area contributed by atoms with Crippen LogP contribution in [0.4, 0.5) is 0 Å². The molecule has 1 heterocycles. The molecule has 0 bridgehead atoms. The van der Waals surface area contributed by atoms with E-state index < -0.39 is 9.84 Å². The summed E-state index contributed by atoms with van der Waals surface area (Å²) in [6, 6.07) is 22.0. The van der Waals surface area contributed by atoms with Gasteiger partial charge in [-0.15, -0.1) is 0 Å². The summed E-state index contributed by atoms with van der Waals surface area (Å²) in [5, 5.41) is 3.53. The number of sulfone groups is 1. The third kappa shape index (κ3) is 5.66. The zero-order valence-corrected chi connectivity index (χ0v) is 20.5. The first-order chi connectivity index (χ1) is 16.9. The van der Waals surface area contributed by atoms with Gasteiger partial charge in [-0.1, -0.05) is 54.6 Å². The van der Waals surface area contributed by atoms with E-state index in [1.54, 1.807) is 49.2 Å². The van der Waals surface area contributed by atoms with E-state index in [0.717, 1.165) is 11.1 Å². The van der Waals surface area contributed by atoms with Gasteiger partial charge in [0.15, 0.2) is 21.3 Å². The lowest BCUT2D eigenvalue weighted by Gasteiger charge is -2.10. The molecule has 7 nitrogen and oxygen atoms in total. The zero-order chi connectivity index (χ0) is 24.8. The number of nitrogens with one attached hydrogen (secondary N) is 1. The molecule has 0 saturated heterocycles. The Balaban J connectivity index is 1.46. The lowest BCUT2D eigenvalue weighted by atomic mass is 10.1. The number of aromatic nitrogens is 1. The molecule has 0 atom stereocenters. The Morgan fingerprint density at radius 2 is 1.60 bits per heavy atom. The van der Waals surface area contributed by atoms with Crippen molar-refractivity contribution < 1.29 is 22.7 Å². The number of methoxy groups -OCH3 is 2. The van der Waals surface area contributed by atoms with Crippen LogP contribution in [-0.4, -0.2) is 39.7 Å². The van der Waals surface area contributed by atoms with Crippen molar-refractivity contribution in [2.45, 2.75) is 23.6 Å². The van der Waals surface area contributed by atoms with Gasteiger partial charge in [-0.25, -0.2) is 8.42 Å². The van der Waals surface area contributed by atoms with Gasteiger partial charge in [-0.2, -0.15) is 0 Å². The Labute approximate surface area is 205 Å². The molecule has 1 N–H and O–H groups in total. The maximum atomic E-state index is 13.2. The van der Waals surface area contributed by atoms with Crippen LogP contribution in [0.3, 0.4) is 0 Å². The molecule has 0 spiro atoms. The smallest absolute Gasteiger partial charge is 0.239 e. The minimum Gasteiger partial charge on any atom is -0.493 e. The number of rotatable bonds is 10. The summed E-state index contributed by atoms with van der Waals surface area (Å²) in [4.78, 5) is 12.9. The Morgan fingerprint density at radius 1 is 0.886 bits per heavy atom. The molecule has 0 aliphatic heterocycles. The summed E-state index contributed by atoms with van der Waals surface area (Å²) >= 11 is 0. The van der Waals surface area contributed by atoms with Crippen molar-refractivity contribution in [2.24, 2.45) is 0 Å². The van der Waals surface area contributed by atoms with Gasteiger partial charge in [0.05, 0.1) is 24.9 Å². The van der Waals surface area contributed by atoms with E-state index in [1.807, 2.05) is 48.5 Å². The van der Waals surface area contributed by atoms with Gasteiger partial charge in [0.1, 0.15) is 6.54 Å². The van der Waals surface area contributed by atoms with Crippen LogP contribution in [0.2, 0.25) is 0 Å². The molecule has 4 aromatic rings. The van der Waals surface area contributed by atoms with Gasteiger partial charge >= 0.3 is 0 Å². The van der Waals surface area contributed by atoms with E-state index in [-0.39, 0.29) is 23.1 Å². The molecule has 3 aromatic carbocycles. The first kappa shape index (κ1) is 24.3. The first-order valence-corrected chi connectivity index (χ1v) is 12.9. The molecule has 4 rings (SSSR count). The summed E-state index contributed by atoms with van der Waals surface area (Å²) in [5.74, 6) is 0.995. The maximum Gasteiger partial charge on any atom is 0.239 e. The monoisotopic (exact) mass is 492 g/mol. The minimum atomic E-state index is -3.59. The molecular weight excluding hydrogens is 464 g/mol. The lowest BCUT2D eigenvalue weighted by molar-refractivity contribution is -0.121. The number of amides is 1. The molecule has 0 aliphatic rings. The predicted molar refractivity (Wildman–Crippen MR) is 136 cm³/mol. The third-order valence-corrected chi connectivity index (χ3v) is 7.49. The highest BCUT2D eigenvalue weighted by molar-refractivity contribution is 7.90. The SMILES string of the molecule is COc1ccc(CCNC(=O)Cn2cc(S(=O)(=O)Cc3ccccc3)c3ccccc32)cc1OC. The molecule has 0 unspecified atom stereocenters. The molecule has 1 amide bonds. The molecule has 0 saturated carbocycles. The van der Waals surface area contributed by atoms with E-state index in [4.69, 9.17) is 9.47 Å². The second-order valence-corrected chi connectivity index (χ2v) is 10.1. The summed E-state index contributed by atoms with van der Waals surface area (Å²) in [7, 11) is -0.428. The van der Waals surface area contributed by atoms with Gasteiger partial charge in [0.25, 0.3) is 0 Å². The Morgan fingerprint density at radius 3 is 2.34 bits per heavy atom. The lowest BCUT2D eigenvalue weighted by Crippen LogP contribution is -2.29. The Hall–Kier alpha value is -3.78. The van der Waals surface area contributed by atoms with E-state index in [0.29, 0.717) is 35.4 Å². The van der Waals surface area contributed by atoms with Crippen molar-refractivity contribution >= 4 is 26.6 Å². The highest BCUT2D eigenvalue weighted by Crippen LogP contribution is 2.29. The fraction of sp³-hybridized carbons (Fsp3) is 0.222. The van der Waals surface area contributed by atoms with Crippen LogP contribution < -0.4 is 14.8 Å². The van der Waals surface area contributed by atoms with Crippen LogP contribution in [0.15, 0.2) is 83.9 Å². The van der Waals surface area contributed by atoms with Crippen molar-refractivity contribution in [1.29, 1.82) is 0 Å². The molecule has 0 aliphatic carbocycles. The number of fused-ring (bicyclic) bond motifs is 1. The zero-order valence-electron chi connectivity index (χ0n) is 19.7. The van der Waals surface area contributed by atoms with E-state index in [2.05, 4.69) is 5.32 Å². The summed E-state index contributed by atoms with van der Waals surface area (Å²) < 4.78 is 38.7. The number of carbonyl (C=O) groups excluding carboxylic acids is 1. The molecule has 35 heavy (non-hydrogen) atoms. The van der Waals surface area contributed by atoms with E-state index in [9.17, 15) is 13.2 Å². The number of carbonyl (C=O) groups is 1. The van der Waals surface area contributed by atoms with Crippen LogP contribution in [-0.2, 0) is 33.4 Å². The molecule has 0 fully saturated rings. The Bertz CT molecular complexity index is 1430. The third-order valence-electron chi connectivity index (χ3n) is 5.78. The van der Waals surface area contributed by atoms with Crippen molar-refractivity contribution in [3.63, 3.8) is 0 Å². The van der Waals surface area contributed by atoms with Gasteiger partial charge < -0.3 is 19.4 Å². The highest BCUT2D eigenvalue weighted by Gasteiger charge is 2.22. The molecule has 0 radical (unpaired) electrons. The van der Waals surface area contributed by atoms with Crippen molar-refractivity contribution in [2.75, 3.05) is 20.8 Å². The van der Waals surface area contributed by atoms with Gasteiger partial charge in [-0.3, -0.25) is 4.79 Å². The van der Waals surface area contributed by atoms with Crippen molar-refractivity contribution in [3.05, 3.63) is 90.1 Å². The van der Waals surface area contributed by atoms with Gasteiger partial charge in [0, 0.05) is 23.6 Å². The minimum absolute atomic E-state index is 0.0211. The number of ether oxygens (including phenoxy) is 2. The van der Waals surface area contributed by atoms with Crippen molar-refractivity contribution in [1.82, 2.24) is 9.88 Å². The highest BCUT2D eigenvalue weighted by atomic mass is 32.2. The van der Waals surface area contributed by atoms with E-state index in [1.165, 1.54) is 0 Å². The van der Waals surface area contributed by atoms with E-state index >= 15 is 0 Å². The number of hydrogen-bond donors (Lipinski definition) is 1. The van der Waals surface area contributed by atoms with Crippen LogP contribution in [0.25, 0.3) is 10.9 Å². The first-order valence-electron chi connectivity index (χ1n) is 11.2. The standard InChI is InChI=1S/C27H28N2O5S/c1-33-24-13-12-20(16-25(24)34-2)14-15-28-27(30)18-29-17-26(22-10-6-7-11-23(22)29)35(31,32)19-21-8-4-3-5-9-21/h3-13,16-17H,14-15,18-19H2,1-2H3,(H,28,30). The summed E-state index contributed by atoms with van der Waals surface area (Å²) in [5.41, 5.74) is 2.43. The number of benzene rings is 3. The molecule has 8 heteroatoms. The van der Waals surface area contributed by atoms with Crippen molar-refractivity contribution in [3.8, 4) is 11.5 Å². The van der Waals surface area contributed by atoms with Crippen LogP contribution in [0.5, 0.6) is 11.5 Å². The summed E-state index contributed by atoms with van der Waals surface area (Å²) in [6.07, 6.45) is 2.19. The Kier molecular flexibility index (Phi) is 7.41. The normalized spacial score (nSPS) is 11.4. The number of hydrogen-bond acceptors (Lipinski definition) is 5. The fourth-order valence-corrected chi connectivity index (χ4v) is 5.64. The van der Waals surface area contributed by atoms with Gasteiger partial charge in [0.2, 0.25) is 5.91 Å². The second-order valence-electron chi connectivity index (χ2n) is 8.17. The second kappa shape index (κ2) is 10.7. The molecule has 182 valence electrons. The summed E-state index contributed by atoms with van der Waals surface area (Å²) in [6.45, 7) is 0.458. The van der Waals surface area contributed by atoms with Crippen LogP contribution >= 0.6 is 0 Å². The topological polar surface area (TPSA) is 86.6 Å². The molecule has 1 aromatic heterocycles. The quantitative estimate of drug-likeness (QED) is 0.362. The average Bonchev–Trinajstić information content (AvgIpc) is 3.23. The molecular formula is C27H28N2O5S. The number of para-hydroxylation sites is 1. The fourth-order valence-electron chi connectivity index (χ4n) is 4.06. The largest absolute Gasteiger partial charge is 0.493 e. The maximum absolute atomic E-state index is 13.2. The van der Waals surface area contributed by atoms with Crippen LogP contribution in [0.1, 0.15) is 11.1 Å². The van der Waals surface area contributed by atoms with Crippen LogP contribution in [0, 0.1) is 0 Å².